The van der Waals surface area contributed by atoms with E-state index in [1.165, 1.54) is 0 Å². The molecule has 0 fully saturated rings. The maximum atomic E-state index is 12.2. The average molecular weight is 321 g/mol. The highest BCUT2D eigenvalue weighted by Gasteiger charge is 2.33. The number of nitrogens with one attached hydrogen (secondary N) is 1. The quantitative estimate of drug-likeness (QED) is 0.835. The van der Waals surface area contributed by atoms with Crippen LogP contribution in [0.15, 0.2) is 65.2 Å². The molecule has 23 heavy (non-hydrogen) atoms. The molecule has 1 aliphatic rings. The highest BCUT2D eigenvalue weighted by atomic mass is 32.1. The maximum absolute atomic E-state index is 12.2. The van der Waals surface area contributed by atoms with E-state index in [1.54, 1.807) is 0 Å². The predicted molar refractivity (Wildman–Crippen MR) is 92.6 cm³/mol. The second-order valence-electron chi connectivity index (χ2n) is 5.30. The number of hydrogen-bond acceptors (Lipinski definition) is 4. The Bertz CT molecular complexity index is 806. The molecule has 0 saturated carbocycles. The van der Waals surface area contributed by atoms with Crippen molar-refractivity contribution in [2.75, 3.05) is 4.90 Å². The van der Waals surface area contributed by atoms with E-state index >= 15 is 0 Å². The summed E-state index contributed by atoms with van der Waals surface area (Å²) >= 11 is 4.45. The number of amides is 1. The van der Waals surface area contributed by atoms with Crippen molar-refractivity contribution in [1.29, 1.82) is 5.26 Å². The lowest BCUT2D eigenvalue weighted by atomic mass is 10.1. The van der Waals surface area contributed by atoms with Crippen LogP contribution in [-0.2, 0) is 4.79 Å². The number of carbonyl (C=O) groups excluding carboxylic acids is 1. The molecule has 5 heteroatoms. The first-order valence-corrected chi connectivity index (χ1v) is 7.61. The Labute approximate surface area is 140 Å². The van der Waals surface area contributed by atoms with Gasteiger partial charge in [0.05, 0.1) is 5.03 Å². The summed E-state index contributed by atoms with van der Waals surface area (Å²) in [5.74, 6) is -0.407. The van der Waals surface area contributed by atoms with Crippen LogP contribution in [-0.4, -0.2) is 5.91 Å². The Balaban J connectivity index is 2.14. The number of anilines is 1. The van der Waals surface area contributed by atoms with Crippen LogP contribution in [0.3, 0.4) is 0 Å². The standard InChI is InChI=1S/C18H15N3OS/c1-12-7-9-13(10-8-12)16-20-17(22)15(11-19)18(23)21(16)14-5-3-2-4-6-14/h2-10,16,23H,1H3,(H,20,22). The lowest BCUT2D eigenvalue weighted by Crippen LogP contribution is -2.46. The highest BCUT2D eigenvalue weighted by Crippen LogP contribution is 2.35. The van der Waals surface area contributed by atoms with Gasteiger partial charge in [-0.3, -0.25) is 4.79 Å². The molecule has 0 bridgehead atoms. The number of hydrogen-bond donors (Lipinski definition) is 2. The van der Waals surface area contributed by atoms with Gasteiger partial charge in [-0.15, -0.1) is 12.6 Å². The molecule has 0 radical (unpaired) electrons. The SMILES string of the molecule is Cc1ccc(C2NC(=O)C(C#N)=C(S)N2c2ccccc2)cc1. The largest absolute Gasteiger partial charge is 0.327 e. The van der Waals surface area contributed by atoms with Crippen molar-refractivity contribution in [3.63, 3.8) is 0 Å². The molecule has 1 aliphatic heterocycles. The number of carbonyl (C=O) groups is 1. The minimum Gasteiger partial charge on any atom is -0.327 e. The third-order valence-corrected chi connectivity index (χ3v) is 4.18. The van der Waals surface area contributed by atoms with E-state index in [1.807, 2.05) is 72.5 Å². The van der Waals surface area contributed by atoms with E-state index in [-0.39, 0.29) is 5.57 Å². The van der Waals surface area contributed by atoms with Crippen molar-refractivity contribution in [2.24, 2.45) is 0 Å². The molecule has 2 aromatic carbocycles. The summed E-state index contributed by atoms with van der Waals surface area (Å²) in [5, 5.41) is 12.5. The van der Waals surface area contributed by atoms with E-state index in [2.05, 4.69) is 17.9 Å². The van der Waals surface area contributed by atoms with E-state index in [0.717, 1.165) is 16.8 Å². The van der Waals surface area contributed by atoms with Gasteiger partial charge in [0.2, 0.25) is 0 Å². The fourth-order valence-electron chi connectivity index (χ4n) is 2.55. The summed E-state index contributed by atoms with van der Waals surface area (Å²) in [5.41, 5.74) is 2.94. The van der Waals surface area contributed by atoms with Gasteiger partial charge in [-0.25, -0.2) is 0 Å². The zero-order chi connectivity index (χ0) is 16.4. The lowest BCUT2D eigenvalue weighted by Gasteiger charge is -2.38. The van der Waals surface area contributed by atoms with E-state index in [4.69, 9.17) is 0 Å². The van der Waals surface area contributed by atoms with Crippen LogP contribution < -0.4 is 10.2 Å². The van der Waals surface area contributed by atoms with Crippen molar-refractivity contribution < 1.29 is 4.79 Å². The number of nitrogens with zero attached hydrogens (tertiary/aromatic N) is 2. The zero-order valence-electron chi connectivity index (χ0n) is 12.5. The summed E-state index contributed by atoms with van der Waals surface area (Å²) in [6, 6.07) is 19.4. The molecule has 1 amide bonds. The minimum absolute atomic E-state index is 0.0144. The number of nitriles is 1. The Morgan fingerprint density at radius 1 is 1.13 bits per heavy atom. The lowest BCUT2D eigenvalue weighted by molar-refractivity contribution is -0.118. The molecule has 2 aromatic rings. The molecular formula is C18H15N3OS. The fourth-order valence-corrected chi connectivity index (χ4v) is 2.93. The third-order valence-electron chi connectivity index (χ3n) is 3.74. The number of para-hydroxylation sites is 1. The van der Waals surface area contributed by atoms with Crippen molar-refractivity contribution in [3.8, 4) is 6.07 Å². The first kappa shape index (κ1) is 15.2. The smallest absolute Gasteiger partial charge is 0.266 e. The molecule has 1 N–H and O–H groups in total. The number of aryl methyl sites for hydroxylation is 1. The van der Waals surface area contributed by atoms with Gasteiger partial charge >= 0.3 is 0 Å². The van der Waals surface area contributed by atoms with Crippen molar-refractivity contribution >= 4 is 24.2 Å². The van der Waals surface area contributed by atoms with Crippen LogP contribution in [0, 0.1) is 18.3 Å². The van der Waals surface area contributed by atoms with Crippen LogP contribution in [0.2, 0.25) is 0 Å². The fraction of sp³-hybridized carbons (Fsp3) is 0.111. The zero-order valence-corrected chi connectivity index (χ0v) is 13.4. The molecule has 0 spiro atoms. The van der Waals surface area contributed by atoms with Crippen LogP contribution in [0.1, 0.15) is 17.3 Å². The van der Waals surface area contributed by atoms with Crippen molar-refractivity contribution in [1.82, 2.24) is 5.32 Å². The van der Waals surface area contributed by atoms with Crippen LogP contribution in [0.25, 0.3) is 0 Å². The monoisotopic (exact) mass is 321 g/mol. The van der Waals surface area contributed by atoms with Crippen molar-refractivity contribution in [2.45, 2.75) is 13.1 Å². The first-order valence-electron chi connectivity index (χ1n) is 7.17. The molecule has 4 nitrogen and oxygen atoms in total. The Kier molecular flexibility index (Phi) is 4.09. The maximum Gasteiger partial charge on any atom is 0.266 e. The van der Waals surface area contributed by atoms with Gasteiger partial charge in [0.15, 0.2) is 0 Å². The third kappa shape index (κ3) is 2.81. The van der Waals surface area contributed by atoms with Gasteiger partial charge in [0.1, 0.15) is 17.8 Å². The Hall–Kier alpha value is -2.71. The summed E-state index contributed by atoms with van der Waals surface area (Å²) in [6.45, 7) is 2.01. The van der Waals surface area contributed by atoms with Crippen LogP contribution in [0.5, 0.6) is 0 Å². The van der Waals surface area contributed by atoms with Crippen LogP contribution >= 0.6 is 12.6 Å². The van der Waals surface area contributed by atoms with E-state index < -0.39 is 12.1 Å². The highest BCUT2D eigenvalue weighted by molar-refractivity contribution is 7.84. The van der Waals surface area contributed by atoms with Gasteiger partial charge in [-0.2, -0.15) is 5.26 Å². The van der Waals surface area contributed by atoms with Crippen LogP contribution in [0.4, 0.5) is 5.69 Å². The number of thiol groups is 1. The van der Waals surface area contributed by atoms with Gasteiger partial charge < -0.3 is 10.2 Å². The van der Waals surface area contributed by atoms with Gasteiger partial charge in [0, 0.05) is 5.69 Å². The average Bonchev–Trinajstić information content (AvgIpc) is 2.56. The topological polar surface area (TPSA) is 56.1 Å². The molecule has 0 aliphatic carbocycles. The number of benzene rings is 2. The Morgan fingerprint density at radius 3 is 2.39 bits per heavy atom. The molecule has 0 saturated heterocycles. The normalized spacial score (nSPS) is 17.7. The summed E-state index contributed by atoms with van der Waals surface area (Å²) in [4.78, 5) is 14.1. The van der Waals surface area contributed by atoms with Crippen molar-refractivity contribution in [3.05, 3.63) is 76.3 Å². The molecule has 1 unspecified atom stereocenters. The van der Waals surface area contributed by atoms with Gasteiger partial charge in [-0.05, 0) is 24.6 Å². The molecule has 3 rings (SSSR count). The van der Waals surface area contributed by atoms with E-state index in [0.29, 0.717) is 5.03 Å². The molecule has 0 aromatic heterocycles. The first-order chi connectivity index (χ1) is 11.1. The Morgan fingerprint density at radius 2 is 1.78 bits per heavy atom. The number of rotatable bonds is 2. The summed E-state index contributed by atoms with van der Waals surface area (Å²) in [6.07, 6.45) is -0.407. The molecule has 1 atom stereocenters. The molecule has 114 valence electrons. The second-order valence-corrected chi connectivity index (χ2v) is 5.73. The van der Waals surface area contributed by atoms with Gasteiger partial charge in [-0.1, -0.05) is 48.0 Å². The van der Waals surface area contributed by atoms with Gasteiger partial charge in [0.25, 0.3) is 5.91 Å². The minimum atomic E-state index is -0.407. The van der Waals surface area contributed by atoms with E-state index in [9.17, 15) is 10.1 Å². The molecular weight excluding hydrogens is 306 g/mol. The predicted octanol–water partition coefficient (Wildman–Crippen LogP) is 3.30. The molecule has 1 heterocycles. The summed E-state index contributed by atoms with van der Waals surface area (Å²) in [7, 11) is 0. The summed E-state index contributed by atoms with van der Waals surface area (Å²) < 4.78 is 0. The second kappa shape index (κ2) is 6.19.